The highest BCUT2D eigenvalue weighted by molar-refractivity contribution is 6.33. The summed E-state index contributed by atoms with van der Waals surface area (Å²) in [5, 5.41) is 7.66. The molecule has 16 heavy (non-hydrogen) atoms. The molecule has 4 nitrogen and oxygen atoms in total. The zero-order valence-corrected chi connectivity index (χ0v) is 10.1. The average molecular weight is 242 g/mol. The number of nitrogens with one attached hydrogen (secondary N) is 1. The van der Waals surface area contributed by atoms with Gasteiger partial charge < -0.3 is 5.32 Å². The quantitative estimate of drug-likeness (QED) is 0.772. The molecule has 0 bridgehead atoms. The SMILES string of the molecule is CCn1ncc(Cl)c1C(=O)CNCC1CC1. The molecular weight excluding hydrogens is 226 g/mol. The molecule has 0 radical (unpaired) electrons. The lowest BCUT2D eigenvalue weighted by atomic mass is 10.2. The standard InChI is InChI=1S/C11H16ClN3O/c1-2-15-11(9(12)6-14-15)10(16)7-13-5-8-3-4-8/h6,8,13H,2-5,7H2,1H3. The molecule has 0 atom stereocenters. The van der Waals surface area contributed by atoms with E-state index in [1.165, 1.54) is 19.0 Å². The Bertz CT molecular complexity index is 385. The van der Waals surface area contributed by atoms with Gasteiger partial charge in [0.15, 0.2) is 5.78 Å². The van der Waals surface area contributed by atoms with E-state index in [4.69, 9.17) is 11.6 Å². The summed E-state index contributed by atoms with van der Waals surface area (Å²) in [5.41, 5.74) is 0.521. The maximum Gasteiger partial charge on any atom is 0.196 e. The minimum atomic E-state index is 0.0185. The number of hydrogen-bond acceptors (Lipinski definition) is 3. The Morgan fingerprint density at radius 3 is 3.06 bits per heavy atom. The summed E-state index contributed by atoms with van der Waals surface area (Å²) in [5.74, 6) is 0.796. The Balaban J connectivity index is 1.92. The van der Waals surface area contributed by atoms with Crippen molar-refractivity contribution in [1.82, 2.24) is 15.1 Å². The van der Waals surface area contributed by atoms with Crippen LogP contribution in [0.4, 0.5) is 0 Å². The third-order valence-corrected chi connectivity index (χ3v) is 3.05. The van der Waals surface area contributed by atoms with Gasteiger partial charge in [-0.25, -0.2) is 0 Å². The van der Waals surface area contributed by atoms with Crippen LogP contribution in [-0.2, 0) is 6.54 Å². The summed E-state index contributed by atoms with van der Waals surface area (Å²) in [6.45, 7) is 3.89. The fourth-order valence-corrected chi connectivity index (χ4v) is 1.92. The molecule has 1 aromatic rings. The second-order valence-electron chi connectivity index (χ2n) is 4.15. The lowest BCUT2D eigenvalue weighted by molar-refractivity contribution is 0.0981. The van der Waals surface area contributed by atoms with Gasteiger partial charge in [0.25, 0.3) is 0 Å². The number of carbonyl (C=O) groups excluding carboxylic acids is 1. The van der Waals surface area contributed by atoms with Crippen LogP contribution in [0, 0.1) is 5.92 Å². The molecule has 1 heterocycles. The van der Waals surface area contributed by atoms with Crippen molar-refractivity contribution in [2.45, 2.75) is 26.3 Å². The van der Waals surface area contributed by atoms with Gasteiger partial charge in [0.2, 0.25) is 0 Å². The first-order valence-corrected chi connectivity index (χ1v) is 6.05. The second-order valence-corrected chi connectivity index (χ2v) is 4.56. The summed E-state index contributed by atoms with van der Waals surface area (Å²) < 4.78 is 1.64. The molecule has 1 N–H and O–H groups in total. The molecule has 5 heteroatoms. The van der Waals surface area contributed by atoms with E-state index in [1.54, 1.807) is 4.68 Å². The van der Waals surface area contributed by atoms with E-state index in [9.17, 15) is 4.79 Å². The van der Waals surface area contributed by atoms with Crippen LogP contribution in [0.5, 0.6) is 0 Å². The molecule has 88 valence electrons. The van der Waals surface area contributed by atoms with Gasteiger partial charge in [-0.2, -0.15) is 5.10 Å². The number of halogens is 1. The maximum absolute atomic E-state index is 11.9. The van der Waals surface area contributed by atoms with Crippen molar-refractivity contribution in [3.63, 3.8) is 0 Å². The van der Waals surface area contributed by atoms with Crippen LogP contribution in [-0.4, -0.2) is 28.7 Å². The zero-order chi connectivity index (χ0) is 11.5. The Labute approximate surface area is 100.0 Å². The number of rotatable bonds is 6. The highest BCUT2D eigenvalue weighted by Gasteiger charge is 2.22. The molecule has 0 amide bonds. The summed E-state index contributed by atoms with van der Waals surface area (Å²) in [6, 6.07) is 0. The van der Waals surface area contributed by atoms with Crippen LogP contribution in [0.2, 0.25) is 5.02 Å². The molecule has 0 aliphatic heterocycles. The molecule has 1 aromatic heterocycles. The van der Waals surface area contributed by atoms with Crippen molar-refractivity contribution in [3.8, 4) is 0 Å². The van der Waals surface area contributed by atoms with Crippen molar-refractivity contribution in [3.05, 3.63) is 16.9 Å². The minimum absolute atomic E-state index is 0.0185. The molecule has 1 saturated carbocycles. The molecule has 0 spiro atoms. The summed E-state index contributed by atoms with van der Waals surface area (Å²) in [6.07, 6.45) is 4.10. The van der Waals surface area contributed by atoms with Crippen LogP contribution < -0.4 is 5.32 Å². The number of hydrogen-bond donors (Lipinski definition) is 1. The molecule has 2 rings (SSSR count). The molecule has 0 unspecified atom stereocenters. The number of Topliss-reactive ketones (excluding diaryl/α,β-unsaturated/α-hetero) is 1. The van der Waals surface area contributed by atoms with E-state index in [1.807, 2.05) is 6.92 Å². The molecule has 1 fully saturated rings. The largest absolute Gasteiger partial charge is 0.309 e. The predicted octanol–water partition coefficient (Wildman–Crippen LogP) is 1.74. The van der Waals surface area contributed by atoms with Crippen molar-refractivity contribution >= 4 is 17.4 Å². The van der Waals surface area contributed by atoms with Crippen LogP contribution in [0.1, 0.15) is 30.3 Å². The number of aromatic nitrogens is 2. The monoisotopic (exact) mass is 241 g/mol. The Kier molecular flexibility index (Phi) is 3.61. The molecule has 1 aliphatic rings. The van der Waals surface area contributed by atoms with Gasteiger partial charge in [0.05, 0.1) is 17.8 Å². The van der Waals surface area contributed by atoms with Gasteiger partial charge in [-0.15, -0.1) is 0 Å². The van der Waals surface area contributed by atoms with Gasteiger partial charge in [-0.1, -0.05) is 11.6 Å². The van der Waals surface area contributed by atoms with Crippen LogP contribution in [0.25, 0.3) is 0 Å². The van der Waals surface area contributed by atoms with Crippen LogP contribution in [0.15, 0.2) is 6.20 Å². The molecule has 0 aromatic carbocycles. The minimum Gasteiger partial charge on any atom is -0.309 e. The summed E-state index contributed by atoms with van der Waals surface area (Å²) >= 11 is 5.94. The number of nitrogens with zero attached hydrogens (tertiary/aromatic N) is 2. The van der Waals surface area contributed by atoms with Crippen molar-refractivity contribution < 1.29 is 4.79 Å². The number of aryl methyl sites for hydroxylation is 1. The van der Waals surface area contributed by atoms with Gasteiger partial charge in [0, 0.05) is 6.54 Å². The van der Waals surface area contributed by atoms with E-state index >= 15 is 0 Å². The maximum atomic E-state index is 11.9. The zero-order valence-electron chi connectivity index (χ0n) is 9.37. The van der Waals surface area contributed by atoms with Gasteiger partial charge in [-0.05, 0) is 32.2 Å². The topological polar surface area (TPSA) is 46.9 Å². The normalized spacial score (nSPS) is 15.4. The predicted molar refractivity (Wildman–Crippen MR) is 62.8 cm³/mol. The highest BCUT2D eigenvalue weighted by Crippen LogP contribution is 2.27. The van der Waals surface area contributed by atoms with E-state index in [2.05, 4.69) is 10.4 Å². The smallest absolute Gasteiger partial charge is 0.196 e. The second kappa shape index (κ2) is 4.97. The van der Waals surface area contributed by atoms with Crippen molar-refractivity contribution in [2.24, 2.45) is 5.92 Å². The van der Waals surface area contributed by atoms with Gasteiger partial charge in [0.1, 0.15) is 5.69 Å². The molecule has 0 saturated heterocycles. The van der Waals surface area contributed by atoms with Crippen LogP contribution in [0.3, 0.4) is 0 Å². The van der Waals surface area contributed by atoms with Crippen molar-refractivity contribution in [2.75, 3.05) is 13.1 Å². The third-order valence-electron chi connectivity index (χ3n) is 2.77. The molecular formula is C11H16ClN3O. The first-order chi connectivity index (χ1) is 7.72. The Morgan fingerprint density at radius 1 is 1.69 bits per heavy atom. The number of carbonyl (C=O) groups is 1. The Morgan fingerprint density at radius 2 is 2.44 bits per heavy atom. The van der Waals surface area contributed by atoms with Gasteiger partial charge >= 0.3 is 0 Å². The lowest BCUT2D eigenvalue weighted by Crippen LogP contribution is -2.26. The fraction of sp³-hybridized carbons (Fsp3) is 0.636. The molecule has 1 aliphatic carbocycles. The van der Waals surface area contributed by atoms with Crippen LogP contribution >= 0.6 is 11.6 Å². The third kappa shape index (κ3) is 2.62. The van der Waals surface area contributed by atoms with E-state index in [-0.39, 0.29) is 5.78 Å². The Hall–Kier alpha value is -0.870. The summed E-state index contributed by atoms with van der Waals surface area (Å²) in [4.78, 5) is 11.9. The van der Waals surface area contributed by atoms with Gasteiger partial charge in [-0.3, -0.25) is 9.48 Å². The average Bonchev–Trinajstić information content (AvgIpc) is 3.00. The first-order valence-electron chi connectivity index (χ1n) is 5.67. The van der Waals surface area contributed by atoms with E-state index in [0.717, 1.165) is 12.5 Å². The van der Waals surface area contributed by atoms with Crippen molar-refractivity contribution in [1.29, 1.82) is 0 Å². The van der Waals surface area contributed by atoms with E-state index in [0.29, 0.717) is 23.8 Å². The first kappa shape index (κ1) is 11.6. The highest BCUT2D eigenvalue weighted by atomic mass is 35.5. The fourth-order valence-electron chi connectivity index (χ4n) is 1.67. The summed E-state index contributed by atoms with van der Waals surface area (Å²) in [7, 11) is 0. The van der Waals surface area contributed by atoms with E-state index < -0.39 is 0 Å². The lowest BCUT2D eigenvalue weighted by Gasteiger charge is -2.05. The number of ketones is 1.